The molecule has 0 fully saturated rings. The molecule has 0 aromatic carbocycles. The molecular weight excluding hydrogens is 322 g/mol. The maximum absolute atomic E-state index is 13.0. The zero-order chi connectivity index (χ0) is 17.6. The van der Waals surface area contributed by atoms with Crippen LogP contribution in [0, 0.1) is 5.92 Å². The predicted molar refractivity (Wildman–Crippen MR) is 61.9 cm³/mol. The topological polar surface area (TPSA) is 52.6 Å². The van der Waals surface area contributed by atoms with Crippen molar-refractivity contribution in [2.45, 2.75) is 45.0 Å². The van der Waals surface area contributed by atoms with Crippen molar-refractivity contribution in [3.05, 3.63) is 0 Å². The third-order valence-corrected chi connectivity index (χ3v) is 2.65. The maximum Gasteiger partial charge on any atom is 0.377 e. The SMILES string of the molecule is CCC(C)C(=O)OCCOC(=O)C(F)(F)CC(F)(F)C(F)F. The van der Waals surface area contributed by atoms with Gasteiger partial charge in [0.1, 0.15) is 13.2 Å². The van der Waals surface area contributed by atoms with Crippen LogP contribution in [-0.4, -0.2) is 43.4 Å². The van der Waals surface area contributed by atoms with Crippen molar-refractivity contribution in [2.24, 2.45) is 5.92 Å². The number of hydrogen-bond donors (Lipinski definition) is 0. The first-order valence-corrected chi connectivity index (χ1v) is 6.31. The van der Waals surface area contributed by atoms with Crippen LogP contribution in [0.1, 0.15) is 26.7 Å². The molecule has 1 atom stereocenters. The smallest absolute Gasteiger partial charge is 0.377 e. The van der Waals surface area contributed by atoms with E-state index in [1.807, 2.05) is 0 Å². The molecule has 0 saturated heterocycles. The van der Waals surface area contributed by atoms with E-state index in [0.717, 1.165) is 0 Å². The van der Waals surface area contributed by atoms with Crippen LogP contribution in [0.5, 0.6) is 0 Å². The van der Waals surface area contributed by atoms with Gasteiger partial charge in [0.2, 0.25) is 0 Å². The van der Waals surface area contributed by atoms with Gasteiger partial charge in [-0.15, -0.1) is 0 Å². The third kappa shape index (κ3) is 6.52. The lowest BCUT2D eigenvalue weighted by atomic mass is 10.1. The van der Waals surface area contributed by atoms with E-state index < -0.39 is 55.8 Å². The van der Waals surface area contributed by atoms with Gasteiger partial charge in [0.05, 0.1) is 12.3 Å². The predicted octanol–water partition coefficient (Wildman–Crippen LogP) is 3.04. The minimum atomic E-state index is -5.02. The molecule has 1 unspecified atom stereocenters. The van der Waals surface area contributed by atoms with Crippen molar-refractivity contribution in [3.8, 4) is 0 Å². The summed E-state index contributed by atoms with van der Waals surface area (Å²) in [6.07, 6.45) is -6.52. The number of hydrogen-bond acceptors (Lipinski definition) is 4. The summed E-state index contributed by atoms with van der Waals surface area (Å²) in [4.78, 5) is 22.1. The highest BCUT2D eigenvalue weighted by Crippen LogP contribution is 2.35. The molecule has 0 rings (SSSR count). The second kappa shape index (κ2) is 8.23. The molecule has 0 heterocycles. The first-order valence-electron chi connectivity index (χ1n) is 6.31. The van der Waals surface area contributed by atoms with Gasteiger partial charge in [0.15, 0.2) is 0 Å². The molecule has 0 aliphatic carbocycles. The summed E-state index contributed by atoms with van der Waals surface area (Å²) in [5, 5.41) is 0. The Hall–Kier alpha value is -1.48. The summed E-state index contributed by atoms with van der Waals surface area (Å²) in [5.41, 5.74) is 0. The van der Waals surface area contributed by atoms with Gasteiger partial charge in [-0.1, -0.05) is 13.8 Å². The molecule has 0 radical (unpaired) electrons. The number of rotatable bonds is 9. The molecular formula is C12H16F6O4. The van der Waals surface area contributed by atoms with E-state index in [4.69, 9.17) is 0 Å². The number of carbonyl (C=O) groups excluding carboxylic acids is 2. The molecule has 0 spiro atoms. The van der Waals surface area contributed by atoms with E-state index in [2.05, 4.69) is 9.47 Å². The molecule has 0 N–H and O–H groups in total. The first-order chi connectivity index (χ1) is 9.94. The molecule has 22 heavy (non-hydrogen) atoms. The Morgan fingerprint density at radius 1 is 1.05 bits per heavy atom. The van der Waals surface area contributed by atoms with Crippen molar-refractivity contribution >= 4 is 11.9 Å². The Morgan fingerprint density at radius 3 is 2.00 bits per heavy atom. The van der Waals surface area contributed by atoms with Crippen LogP contribution in [-0.2, 0) is 19.1 Å². The number of alkyl halides is 6. The molecule has 130 valence electrons. The minimum absolute atomic E-state index is 0.443. The van der Waals surface area contributed by atoms with Crippen LogP contribution >= 0.6 is 0 Å². The lowest BCUT2D eigenvalue weighted by Crippen LogP contribution is -2.41. The van der Waals surface area contributed by atoms with Crippen LogP contribution < -0.4 is 0 Å². The Bertz CT molecular complexity index is 386. The van der Waals surface area contributed by atoms with Gasteiger partial charge in [-0.3, -0.25) is 4.79 Å². The zero-order valence-electron chi connectivity index (χ0n) is 11.9. The monoisotopic (exact) mass is 338 g/mol. The van der Waals surface area contributed by atoms with Crippen LogP contribution in [0.4, 0.5) is 26.3 Å². The molecule has 0 aromatic heterocycles. The van der Waals surface area contributed by atoms with Crippen LogP contribution in [0.15, 0.2) is 0 Å². The largest absolute Gasteiger partial charge is 0.462 e. The minimum Gasteiger partial charge on any atom is -0.462 e. The molecule has 10 heteroatoms. The molecule has 0 aliphatic rings. The van der Waals surface area contributed by atoms with Crippen molar-refractivity contribution in [2.75, 3.05) is 13.2 Å². The molecule has 0 amide bonds. The fraction of sp³-hybridized carbons (Fsp3) is 0.833. The standard InChI is InChI=1S/C12H16F6O4/c1-3-7(2)8(19)21-4-5-22-10(20)12(17,18)6-11(15,16)9(13)14/h7,9H,3-6H2,1-2H3. The van der Waals surface area contributed by atoms with Gasteiger partial charge in [-0.05, 0) is 6.42 Å². The molecule has 0 aromatic rings. The molecule has 0 saturated carbocycles. The van der Waals surface area contributed by atoms with E-state index >= 15 is 0 Å². The molecule has 0 bridgehead atoms. The van der Waals surface area contributed by atoms with Gasteiger partial charge in [-0.2, -0.15) is 8.78 Å². The number of esters is 2. The fourth-order valence-electron chi connectivity index (χ4n) is 1.14. The number of carbonyl (C=O) groups is 2. The summed E-state index contributed by atoms with van der Waals surface area (Å²) in [6.45, 7) is 1.91. The van der Waals surface area contributed by atoms with Crippen LogP contribution in [0.3, 0.4) is 0 Å². The average molecular weight is 338 g/mol. The lowest BCUT2D eigenvalue weighted by Gasteiger charge is -2.21. The van der Waals surface area contributed by atoms with Crippen molar-refractivity contribution in [1.82, 2.24) is 0 Å². The van der Waals surface area contributed by atoms with Gasteiger partial charge in [0.25, 0.3) is 0 Å². The Balaban J connectivity index is 4.28. The fourth-order valence-corrected chi connectivity index (χ4v) is 1.14. The summed E-state index contributed by atoms with van der Waals surface area (Å²) in [6, 6.07) is 0. The van der Waals surface area contributed by atoms with Crippen molar-refractivity contribution in [3.63, 3.8) is 0 Å². The normalized spacial score (nSPS) is 13.9. The van der Waals surface area contributed by atoms with Gasteiger partial charge >= 0.3 is 30.2 Å². The van der Waals surface area contributed by atoms with Gasteiger partial charge < -0.3 is 9.47 Å². The zero-order valence-corrected chi connectivity index (χ0v) is 11.9. The number of ether oxygens (including phenoxy) is 2. The second-order valence-corrected chi connectivity index (χ2v) is 4.56. The number of halogens is 6. The van der Waals surface area contributed by atoms with E-state index in [0.29, 0.717) is 6.42 Å². The lowest BCUT2D eigenvalue weighted by molar-refractivity contribution is -0.203. The third-order valence-electron chi connectivity index (χ3n) is 2.65. The Labute approximate surface area is 122 Å². The summed E-state index contributed by atoms with van der Waals surface area (Å²) >= 11 is 0. The highest BCUT2D eigenvalue weighted by Gasteiger charge is 2.54. The van der Waals surface area contributed by atoms with Crippen LogP contribution in [0.25, 0.3) is 0 Å². The van der Waals surface area contributed by atoms with Crippen molar-refractivity contribution in [1.29, 1.82) is 0 Å². The average Bonchev–Trinajstić information content (AvgIpc) is 2.40. The Morgan fingerprint density at radius 2 is 1.55 bits per heavy atom. The summed E-state index contributed by atoms with van der Waals surface area (Å²) < 4.78 is 83.3. The van der Waals surface area contributed by atoms with E-state index in [-0.39, 0.29) is 0 Å². The quantitative estimate of drug-likeness (QED) is 0.368. The van der Waals surface area contributed by atoms with Crippen molar-refractivity contribution < 1.29 is 45.4 Å². The highest BCUT2D eigenvalue weighted by molar-refractivity contribution is 5.77. The van der Waals surface area contributed by atoms with Gasteiger partial charge in [0, 0.05) is 0 Å². The molecule has 4 nitrogen and oxygen atoms in total. The van der Waals surface area contributed by atoms with E-state index in [1.54, 1.807) is 13.8 Å². The second-order valence-electron chi connectivity index (χ2n) is 4.56. The maximum atomic E-state index is 13.0. The highest BCUT2D eigenvalue weighted by atomic mass is 19.3. The Kier molecular flexibility index (Phi) is 7.68. The first kappa shape index (κ1) is 20.5. The summed E-state index contributed by atoms with van der Waals surface area (Å²) in [5.74, 6) is -13.3. The van der Waals surface area contributed by atoms with Gasteiger partial charge in [-0.25, -0.2) is 22.4 Å². The van der Waals surface area contributed by atoms with E-state index in [9.17, 15) is 35.9 Å². The van der Waals surface area contributed by atoms with E-state index in [1.165, 1.54) is 0 Å². The van der Waals surface area contributed by atoms with Crippen LogP contribution in [0.2, 0.25) is 0 Å². The summed E-state index contributed by atoms with van der Waals surface area (Å²) in [7, 11) is 0. The molecule has 0 aliphatic heterocycles.